The number of hydrogen-bond acceptors (Lipinski definition) is 3. The normalized spacial score (nSPS) is 21.6. The van der Waals surface area contributed by atoms with Gasteiger partial charge in [-0.05, 0) is 37.1 Å². The van der Waals surface area contributed by atoms with Gasteiger partial charge in [0.2, 0.25) is 0 Å². The summed E-state index contributed by atoms with van der Waals surface area (Å²) < 4.78 is 5.65. The maximum Gasteiger partial charge on any atom is 0.120 e. The summed E-state index contributed by atoms with van der Waals surface area (Å²) >= 11 is 1.80. The molecule has 0 amide bonds. The number of morpholine rings is 1. The predicted octanol–water partition coefficient (Wildman–Crippen LogP) is 2.34. The summed E-state index contributed by atoms with van der Waals surface area (Å²) in [5.41, 5.74) is 2.96. The Kier molecular flexibility index (Phi) is 3.67. The maximum absolute atomic E-state index is 5.65. The Morgan fingerprint density at radius 1 is 1.33 bits per heavy atom. The van der Waals surface area contributed by atoms with Crippen LogP contribution in [-0.4, -0.2) is 25.1 Å². The minimum atomic E-state index is 0.265. The van der Waals surface area contributed by atoms with E-state index < -0.39 is 0 Å². The Balaban J connectivity index is 2.00. The van der Waals surface area contributed by atoms with Crippen molar-refractivity contribution < 1.29 is 4.74 Å². The lowest BCUT2D eigenvalue weighted by Gasteiger charge is -2.23. The summed E-state index contributed by atoms with van der Waals surface area (Å²) in [5, 5.41) is 3.34. The SMILES string of the molecule is Cc1ccc(SC2CNCCO2)cc1C. The molecule has 0 bridgehead atoms. The van der Waals surface area contributed by atoms with Crippen LogP contribution in [0.15, 0.2) is 23.1 Å². The van der Waals surface area contributed by atoms with Crippen molar-refractivity contribution in [3.8, 4) is 0 Å². The standard InChI is InChI=1S/C12H17NOS/c1-9-3-4-11(7-10(9)2)15-12-8-13-5-6-14-12/h3-4,7,12-13H,5-6,8H2,1-2H3. The van der Waals surface area contributed by atoms with Crippen LogP contribution < -0.4 is 5.32 Å². The van der Waals surface area contributed by atoms with Gasteiger partial charge in [0.1, 0.15) is 5.44 Å². The zero-order valence-electron chi connectivity index (χ0n) is 9.25. The molecule has 0 saturated carbocycles. The number of aryl methyl sites for hydroxylation is 2. The molecule has 1 aliphatic rings. The molecule has 82 valence electrons. The van der Waals surface area contributed by atoms with Crippen LogP contribution in [0.3, 0.4) is 0 Å². The van der Waals surface area contributed by atoms with Gasteiger partial charge in [-0.25, -0.2) is 0 Å². The highest BCUT2D eigenvalue weighted by atomic mass is 32.2. The minimum Gasteiger partial charge on any atom is -0.365 e. The molecule has 3 heteroatoms. The summed E-state index contributed by atoms with van der Waals surface area (Å²) in [5.74, 6) is 0. The third-order valence-electron chi connectivity index (χ3n) is 2.64. The van der Waals surface area contributed by atoms with Crippen molar-refractivity contribution in [2.24, 2.45) is 0 Å². The molecule has 1 aliphatic heterocycles. The molecule has 1 atom stereocenters. The maximum atomic E-state index is 5.65. The zero-order valence-corrected chi connectivity index (χ0v) is 10.1. The fourth-order valence-corrected chi connectivity index (χ4v) is 2.62. The number of benzene rings is 1. The first kappa shape index (κ1) is 11.0. The molecule has 1 fully saturated rings. The van der Waals surface area contributed by atoms with E-state index in [1.807, 2.05) is 0 Å². The number of thioether (sulfide) groups is 1. The van der Waals surface area contributed by atoms with Gasteiger partial charge in [0.25, 0.3) is 0 Å². The van der Waals surface area contributed by atoms with Gasteiger partial charge in [-0.2, -0.15) is 0 Å². The van der Waals surface area contributed by atoms with Crippen LogP contribution in [0.5, 0.6) is 0 Å². The van der Waals surface area contributed by atoms with Crippen LogP contribution in [-0.2, 0) is 4.74 Å². The van der Waals surface area contributed by atoms with E-state index in [1.165, 1.54) is 16.0 Å². The molecule has 15 heavy (non-hydrogen) atoms. The van der Waals surface area contributed by atoms with Crippen molar-refractivity contribution in [2.75, 3.05) is 19.7 Å². The van der Waals surface area contributed by atoms with Gasteiger partial charge in [0.05, 0.1) is 6.61 Å². The van der Waals surface area contributed by atoms with E-state index in [0.29, 0.717) is 0 Å². The number of rotatable bonds is 2. The fraction of sp³-hybridized carbons (Fsp3) is 0.500. The Bertz CT molecular complexity index is 334. The quantitative estimate of drug-likeness (QED) is 0.831. The molecule has 2 rings (SSSR count). The van der Waals surface area contributed by atoms with Gasteiger partial charge in [-0.3, -0.25) is 0 Å². The highest BCUT2D eigenvalue weighted by Crippen LogP contribution is 2.26. The second kappa shape index (κ2) is 5.01. The molecule has 1 N–H and O–H groups in total. The summed E-state index contributed by atoms with van der Waals surface area (Å²) in [4.78, 5) is 1.30. The first-order chi connectivity index (χ1) is 7.25. The molecule has 0 aliphatic carbocycles. The average molecular weight is 223 g/mol. The van der Waals surface area contributed by atoms with E-state index in [0.717, 1.165) is 19.7 Å². The van der Waals surface area contributed by atoms with Crippen molar-refractivity contribution in [1.29, 1.82) is 0 Å². The molecule has 1 heterocycles. The summed E-state index contributed by atoms with van der Waals surface area (Å²) in [6, 6.07) is 6.58. The second-order valence-electron chi connectivity index (χ2n) is 3.87. The highest BCUT2D eigenvalue weighted by molar-refractivity contribution is 7.99. The lowest BCUT2D eigenvalue weighted by molar-refractivity contribution is 0.0853. The molecule has 0 aromatic heterocycles. The van der Waals surface area contributed by atoms with E-state index in [-0.39, 0.29) is 5.44 Å². The second-order valence-corrected chi connectivity index (χ2v) is 5.10. The van der Waals surface area contributed by atoms with Gasteiger partial charge in [-0.1, -0.05) is 17.8 Å². The molecule has 1 aromatic carbocycles. The van der Waals surface area contributed by atoms with E-state index in [4.69, 9.17) is 4.74 Å². The smallest absolute Gasteiger partial charge is 0.120 e. The Morgan fingerprint density at radius 2 is 2.20 bits per heavy atom. The van der Waals surface area contributed by atoms with Crippen LogP contribution in [0, 0.1) is 13.8 Å². The predicted molar refractivity (Wildman–Crippen MR) is 64.4 cm³/mol. The summed E-state index contributed by atoms with van der Waals surface area (Å²) in [6.07, 6.45) is 0. The van der Waals surface area contributed by atoms with E-state index in [9.17, 15) is 0 Å². The minimum absolute atomic E-state index is 0.265. The Hall–Kier alpha value is -0.510. The first-order valence-corrected chi connectivity index (χ1v) is 6.20. The Morgan fingerprint density at radius 3 is 2.87 bits per heavy atom. The third kappa shape index (κ3) is 2.97. The van der Waals surface area contributed by atoms with Gasteiger partial charge in [-0.15, -0.1) is 0 Å². The average Bonchev–Trinajstić information content (AvgIpc) is 2.25. The number of hydrogen-bond donors (Lipinski definition) is 1. The number of ether oxygens (including phenoxy) is 1. The first-order valence-electron chi connectivity index (χ1n) is 5.32. The van der Waals surface area contributed by atoms with Crippen molar-refractivity contribution in [2.45, 2.75) is 24.2 Å². The van der Waals surface area contributed by atoms with Gasteiger partial charge in [0.15, 0.2) is 0 Å². The van der Waals surface area contributed by atoms with Crippen LogP contribution >= 0.6 is 11.8 Å². The topological polar surface area (TPSA) is 21.3 Å². The van der Waals surface area contributed by atoms with Gasteiger partial charge in [0, 0.05) is 18.0 Å². The van der Waals surface area contributed by atoms with Crippen molar-refractivity contribution >= 4 is 11.8 Å². The largest absolute Gasteiger partial charge is 0.365 e. The fourth-order valence-electron chi connectivity index (χ4n) is 1.56. The summed E-state index contributed by atoms with van der Waals surface area (Å²) in [7, 11) is 0. The van der Waals surface area contributed by atoms with Gasteiger partial charge < -0.3 is 10.1 Å². The van der Waals surface area contributed by atoms with Crippen LogP contribution in [0.1, 0.15) is 11.1 Å². The van der Waals surface area contributed by atoms with Crippen LogP contribution in [0.4, 0.5) is 0 Å². The molecule has 1 saturated heterocycles. The van der Waals surface area contributed by atoms with E-state index >= 15 is 0 Å². The van der Waals surface area contributed by atoms with Gasteiger partial charge >= 0.3 is 0 Å². The molecule has 1 unspecified atom stereocenters. The lowest BCUT2D eigenvalue weighted by atomic mass is 10.1. The monoisotopic (exact) mass is 223 g/mol. The van der Waals surface area contributed by atoms with Crippen LogP contribution in [0.25, 0.3) is 0 Å². The van der Waals surface area contributed by atoms with E-state index in [1.54, 1.807) is 11.8 Å². The lowest BCUT2D eigenvalue weighted by Crippen LogP contribution is -2.36. The highest BCUT2D eigenvalue weighted by Gasteiger charge is 2.14. The number of nitrogens with one attached hydrogen (secondary N) is 1. The zero-order chi connectivity index (χ0) is 10.7. The summed E-state index contributed by atoms with van der Waals surface area (Å²) in [6.45, 7) is 7.03. The molecule has 0 spiro atoms. The van der Waals surface area contributed by atoms with Crippen molar-refractivity contribution in [3.63, 3.8) is 0 Å². The molecular formula is C12H17NOS. The van der Waals surface area contributed by atoms with E-state index in [2.05, 4.69) is 37.4 Å². The third-order valence-corrected chi connectivity index (χ3v) is 3.73. The molecule has 1 aromatic rings. The molecular weight excluding hydrogens is 206 g/mol. The molecule has 2 nitrogen and oxygen atoms in total. The Labute approximate surface area is 95.4 Å². The molecule has 0 radical (unpaired) electrons. The van der Waals surface area contributed by atoms with Crippen LogP contribution in [0.2, 0.25) is 0 Å². The van der Waals surface area contributed by atoms with Crippen molar-refractivity contribution in [3.05, 3.63) is 29.3 Å². The van der Waals surface area contributed by atoms with Crippen molar-refractivity contribution in [1.82, 2.24) is 5.32 Å².